The van der Waals surface area contributed by atoms with Gasteiger partial charge in [-0.1, -0.05) is 22.0 Å². The molecule has 2 aromatic rings. The summed E-state index contributed by atoms with van der Waals surface area (Å²) in [6, 6.07) is 5.31. The second kappa shape index (κ2) is 9.19. The first kappa shape index (κ1) is 19.7. The van der Waals surface area contributed by atoms with Crippen LogP contribution in [0.1, 0.15) is 25.1 Å². The van der Waals surface area contributed by atoms with E-state index < -0.39 is 12.0 Å². The van der Waals surface area contributed by atoms with Crippen molar-refractivity contribution >= 4 is 33.7 Å². The molecule has 8 heteroatoms. The summed E-state index contributed by atoms with van der Waals surface area (Å²) in [5.74, 6) is -0.354. The highest BCUT2D eigenvalue weighted by Crippen LogP contribution is 2.31. The van der Waals surface area contributed by atoms with Gasteiger partial charge in [0.25, 0.3) is 0 Å². The molecule has 0 bridgehead atoms. The number of allylic oxidation sites excluding steroid dienone is 1. The highest BCUT2D eigenvalue weighted by Gasteiger charge is 2.24. The van der Waals surface area contributed by atoms with E-state index in [-0.39, 0.29) is 5.97 Å². The summed E-state index contributed by atoms with van der Waals surface area (Å²) in [4.78, 5) is 30.9. The number of H-pyrrole nitrogens is 1. The lowest BCUT2D eigenvalue weighted by molar-refractivity contribution is -0.145. The second-order valence-corrected chi connectivity index (χ2v) is 6.18. The molecule has 2 N–H and O–H groups in total. The van der Waals surface area contributed by atoms with E-state index in [2.05, 4.69) is 42.5 Å². The highest BCUT2D eigenvalue weighted by molar-refractivity contribution is 9.10. The maximum atomic E-state index is 12.1. The number of nitrogens with one attached hydrogen (secondary N) is 2. The predicted molar refractivity (Wildman–Crippen MR) is 102 cm³/mol. The van der Waals surface area contributed by atoms with Gasteiger partial charge in [0.2, 0.25) is 0 Å². The molecule has 1 heterocycles. The van der Waals surface area contributed by atoms with Gasteiger partial charge in [-0.05, 0) is 31.5 Å². The van der Waals surface area contributed by atoms with Gasteiger partial charge in [-0.15, -0.1) is 6.58 Å². The fourth-order valence-electron chi connectivity index (χ4n) is 2.36. The molecule has 2 rings (SSSR count). The van der Waals surface area contributed by atoms with Gasteiger partial charge in [0, 0.05) is 15.7 Å². The summed E-state index contributed by atoms with van der Waals surface area (Å²) >= 11 is 3.48. The van der Waals surface area contributed by atoms with Crippen LogP contribution in [-0.4, -0.2) is 35.7 Å². The van der Waals surface area contributed by atoms with Gasteiger partial charge >= 0.3 is 12.1 Å². The maximum Gasteiger partial charge on any atom is 0.411 e. The number of carbonyl (C=O) groups is 2. The first-order valence-corrected chi connectivity index (χ1v) is 8.76. The van der Waals surface area contributed by atoms with Gasteiger partial charge in [0.1, 0.15) is 11.7 Å². The molecule has 0 aliphatic rings. The quantitative estimate of drug-likeness (QED) is 0.514. The normalized spacial score (nSPS) is 11.5. The average Bonchev–Trinajstić information content (AvgIpc) is 3.09. The number of anilines is 1. The Morgan fingerprint density at radius 3 is 2.85 bits per heavy atom. The van der Waals surface area contributed by atoms with Gasteiger partial charge in [-0.2, -0.15) is 0 Å². The maximum absolute atomic E-state index is 12.1. The number of amides is 1. The molecule has 26 heavy (non-hydrogen) atoms. The number of esters is 1. The van der Waals surface area contributed by atoms with Gasteiger partial charge in [0.15, 0.2) is 0 Å². The summed E-state index contributed by atoms with van der Waals surface area (Å²) in [5, 5.41) is 2.59. The fourth-order valence-corrected chi connectivity index (χ4v) is 2.95. The third-order valence-corrected chi connectivity index (χ3v) is 4.25. The lowest BCUT2D eigenvalue weighted by Gasteiger charge is -2.11. The lowest BCUT2D eigenvalue weighted by atomic mass is 10.1. The van der Waals surface area contributed by atoms with E-state index in [1.54, 1.807) is 31.3 Å². The molecule has 0 saturated carbocycles. The van der Waals surface area contributed by atoms with E-state index in [4.69, 9.17) is 4.74 Å². The zero-order valence-electron chi connectivity index (χ0n) is 14.5. The summed E-state index contributed by atoms with van der Waals surface area (Å²) in [5.41, 5.74) is 2.15. The molecule has 1 aromatic heterocycles. The minimum absolute atomic E-state index is 0.306. The molecule has 1 amide bonds. The zero-order chi connectivity index (χ0) is 19.1. The summed E-state index contributed by atoms with van der Waals surface area (Å²) in [6.45, 7) is 5.75. The van der Waals surface area contributed by atoms with Crippen molar-refractivity contribution in [1.29, 1.82) is 0 Å². The van der Waals surface area contributed by atoms with Crippen LogP contribution < -0.4 is 5.32 Å². The van der Waals surface area contributed by atoms with Crippen molar-refractivity contribution in [2.24, 2.45) is 0 Å². The number of aromatic amines is 1. The number of hydrogen-bond donors (Lipinski definition) is 2. The van der Waals surface area contributed by atoms with Crippen molar-refractivity contribution in [1.82, 2.24) is 9.97 Å². The Labute approximate surface area is 159 Å². The lowest BCUT2D eigenvalue weighted by Crippen LogP contribution is -2.16. The van der Waals surface area contributed by atoms with E-state index in [1.807, 2.05) is 6.07 Å². The molecule has 0 aliphatic heterocycles. The predicted octanol–water partition coefficient (Wildman–Crippen LogP) is 4.24. The van der Waals surface area contributed by atoms with Crippen LogP contribution in [0.5, 0.6) is 0 Å². The van der Waals surface area contributed by atoms with Crippen molar-refractivity contribution in [2.45, 2.75) is 19.3 Å². The molecule has 0 aliphatic carbocycles. The minimum Gasteiger partial charge on any atom is -0.465 e. The third-order valence-electron chi connectivity index (χ3n) is 3.59. The monoisotopic (exact) mass is 421 g/mol. The van der Waals surface area contributed by atoms with E-state index in [0.717, 1.165) is 15.7 Å². The van der Waals surface area contributed by atoms with Crippen molar-refractivity contribution in [3.05, 3.63) is 47.3 Å². The molecule has 138 valence electrons. The van der Waals surface area contributed by atoms with Crippen LogP contribution in [0, 0.1) is 0 Å². The Morgan fingerprint density at radius 2 is 2.23 bits per heavy atom. The molecule has 0 radical (unpaired) electrons. The third kappa shape index (κ3) is 4.72. The standard InChI is InChI=1S/C18H20BrN3O4/c1-4-6-13(17(23)26-5-2)16-20-10-15(22-16)12-8-7-11(9-14(12)19)21-18(24)25-3/h4,7-10,13H,1,5-6H2,2-3H3,(H,20,22)(H,21,24). The SMILES string of the molecule is C=CCC(C(=O)OCC)c1ncc(-c2ccc(NC(=O)OC)cc2Br)[nH]1. The van der Waals surface area contributed by atoms with Crippen LogP contribution in [0.3, 0.4) is 0 Å². The second-order valence-electron chi connectivity index (χ2n) is 5.32. The van der Waals surface area contributed by atoms with Gasteiger partial charge in [-0.25, -0.2) is 9.78 Å². The number of benzene rings is 1. The van der Waals surface area contributed by atoms with Crippen LogP contribution in [0.15, 0.2) is 41.5 Å². The molecule has 0 fully saturated rings. The van der Waals surface area contributed by atoms with Crippen LogP contribution in [0.4, 0.5) is 10.5 Å². The molecule has 1 unspecified atom stereocenters. The van der Waals surface area contributed by atoms with Crippen LogP contribution >= 0.6 is 15.9 Å². The van der Waals surface area contributed by atoms with Gasteiger partial charge < -0.3 is 14.5 Å². The van der Waals surface area contributed by atoms with Gasteiger partial charge in [-0.3, -0.25) is 10.1 Å². The van der Waals surface area contributed by atoms with Crippen molar-refractivity contribution < 1.29 is 19.1 Å². The topological polar surface area (TPSA) is 93.3 Å². The van der Waals surface area contributed by atoms with Crippen molar-refractivity contribution in [3.8, 4) is 11.3 Å². The fraction of sp³-hybridized carbons (Fsp3) is 0.278. The molecular formula is C18H20BrN3O4. The number of halogens is 1. The summed E-state index contributed by atoms with van der Waals surface area (Å²) in [7, 11) is 1.30. The summed E-state index contributed by atoms with van der Waals surface area (Å²) in [6.07, 6.45) is 3.19. The largest absolute Gasteiger partial charge is 0.465 e. The number of rotatable bonds is 7. The first-order valence-electron chi connectivity index (χ1n) is 7.97. The van der Waals surface area contributed by atoms with Crippen molar-refractivity contribution in [2.75, 3.05) is 19.0 Å². The molecule has 0 spiro atoms. The first-order chi connectivity index (χ1) is 12.5. The van der Waals surface area contributed by atoms with E-state index >= 15 is 0 Å². The van der Waals surface area contributed by atoms with E-state index in [1.165, 1.54) is 7.11 Å². The highest BCUT2D eigenvalue weighted by atomic mass is 79.9. The number of nitrogens with zero attached hydrogens (tertiary/aromatic N) is 1. The number of ether oxygens (including phenoxy) is 2. The molecule has 1 atom stereocenters. The number of carbonyl (C=O) groups excluding carboxylic acids is 2. The molecule has 1 aromatic carbocycles. The number of aromatic nitrogens is 2. The van der Waals surface area contributed by atoms with Crippen molar-refractivity contribution in [3.63, 3.8) is 0 Å². The Hall–Kier alpha value is -2.61. The number of methoxy groups -OCH3 is 1. The zero-order valence-corrected chi connectivity index (χ0v) is 16.1. The Balaban J connectivity index is 2.26. The number of hydrogen-bond acceptors (Lipinski definition) is 5. The average molecular weight is 422 g/mol. The Morgan fingerprint density at radius 1 is 1.46 bits per heavy atom. The molecular weight excluding hydrogens is 402 g/mol. The number of imidazole rings is 1. The smallest absolute Gasteiger partial charge is 0.411 e. The summed E-state index contributed by atoms with van der Waals surface area (Å²) < 4.78 is 10.4. The van der Waals surface area contributed by atoms with Crippen LogP contribution in [-0.2, 0) is 14.3 Å². The van der Waals surface area contributed by atoms with Crippen LogP contribution in [0.2, 0.25) is 0 Å². The molecule has 7 nitrogen and oxygen atoms in total. The van der Waals surface area contributed by atoms with E-state index in [9.17, 15) is 9.59 Å². The van der Waals surface area contributed by atoms with Crippen LogP contribution in [0.25, 0.3) is 11.3 Å². The van der Waals surface area contributed by atoms with Gasteiger partial charge in [0.05, 0.1) is 25.6 Å². The minimum atomic E-state index is -0.546. The Kier molecular flexibility index (Phi) is 6.97. The van der Waals surface area contributed by atoms with E-state index in [0.29, 0.717) is 24.5 Å². The Bertz CT molecular complexity index is 803. The molecule has 0 saturated heterocycles.